The van der Waals surface area contributed by atoms with Crippen molar-refractivity contribution in [1.29, 1.82) is 0 Å². The third-order valence-electron chi connectivity index (χ3n) is 3.31. The molecule has 0 aliphatic carbocycles. The molecule has 0 aliphatic rings. The molecule has 0 atom stereocenters. The molecule has 24 heavy (non-hydrogen) atoms. The smallest absolute Gasteiger partial charge is 0.326 e. The summed E-state index contributed by atoms with van der Waals surface area (Å²) in [7, 11) is 1.59. The number of aromatic amines is 2. The molecule has 1 amide bonds. The summed E-state index contributed by atoms with van der Waals surface area (Å²) in [5.41, 5.74) is 0.378. The van der Waals surface area contributed by atoms with E-state index in [0.29, 0.717) is 0 Å². The summed E-state index contributed by atoms with van der Waals surface area (Å²) in [5.74, 6) is -0.451. The maximum absolute atomic E-state index is 12.3. The molecule has 0 saturated carbocycles. The zero-order valence-electron chi connectivity index (χ0n) is 12.8. The first-order valence-corrected chi connectivity index (χ1v) is 8.00. The molecule has 8 heteroatoms. The molecule has 122 valence electrons. The van der Waals surface area contributed by atoms with E-state index in [2.05, 4.69) is 9.97 Å². The highest BCUT2D eigenvalue weighted by Crippen LogP contribution is 2.23. The van der Waals surface area contributed by atoms with Gasteiger partial charge in [0.2, 0.25) is 0 Å². The fourth-order valence-corrected chi connectivity index (χ4v) is 3.01. The summed E-state index contributed by atoms with van der Waals surface area (Å²) in [6.45, 7) is 0.275. The number of benzene rings is 1. The second-order valence-electron chi connectivity index (χ2n) is 5.17. The lowest BCUT2D eigenvalue weighted by Gasteiger charge is -2.15. The lowest BCUT2D eigenvalue weighted by Crippen LogP contribution is -2.32. The zero-order valence-corrected chi connectivity index (χ0v) is 13.6. The van der Waals surface area contributed by atoms with Gasteiger partial charge in [-0.25, -0.2) is 9.78 Å². The average molecular weight is 342 g/mol. The highest BCUT2D eigenvalue weighted by Gasteiger charge is 2.15. The van der Waals surface area contributed by atoms with E-state index < -0.39 is 17.2 Å². The lowest BCUT2D eigenvalue weighted by molar-refractivity contribution is 0.0777. The van der Waals surface area contributed by atoms with Crippen molar-refractivity contribution < 1.29 is 4.79 Å². The molecular formula is C16H14N4O3S. The van der Waals surface area contributed by atoms with Crippen LogP contribution in [0.15, 0.2) is 51.4 Å². The number of hydrogen-bond donors (Lipinski definition) is 2. The Balaban J connectivity index is 1.76. The van der Waals surface area contributed by atoms with Crippen LogP contribution in [0.1, 0.15) is 16.2 Å². The van der Waals surface area contributed by atoms with Crippen LogP contribution in [0, 0.1) is 0 Å². The summed E-state index contributed by atoms with van der Waals surface area (Å²) >= 11 is 1.50. The van der Waals surface area contributed by atoms with E-state index in [-0.39, 0.29) is 12.2 Å². The average Bonchev–Trinajstić information content (AvgIpc) is 3.02. The van der Waals surface area contributed by atoms with Gasteiger partial charge in [-0.2, -0.15) is 0 Å². The fraction of sp³-hybridized carbons (Fsp3) is 0.125. The quantitative estimate of drug-likeness (QED) is 0.750. The van der Waals surface area contributed by atoms with E-state index in [0.717, 1.165) is 22.3 Å². The fourth-order valence-electron chi connectivity index (χ4n) is 2.20. The molecule has 3 aromatic rings. The molecule has 0 fully saturated rings. The van der Waals surface area contributed by atoms with Crippen molar-refractivity contribution in [3.05, 3.63) is 74.0 Å². The van der Waals surface area contributed by atoms with Gasteiger partial charge in [0, 0.05) is 24.1 Å². The number of hydrogen-bond acceptors (Lipinski definition) is 5. The molecule has 0 saturated heterocycles. The predicted octanol–water partition coefficient (Wildman–Crippen LogP) is 1.46. The third-order valence-corrected chi connectivity index (χ3v) is 4.25. The van der Waals surface area contributed by atoms with Crippen LogP contribution in [-0.4, -0.2) is 32.8 Å². The van der Waals surface area contributed by atoms with Crippen molar-refractivity contribution in [2.24, 2.45) is 0 Å². The number of carbonyl (C=O) groups excluding carboxylic acids is 1. The zero-order chi connectivity index (χ0) is 17.1. The van der Waals surface area contributed by atoms with Crippen molar-refractivity contribution >= 4 is 17.2 Å². The van der Waals surface area contributed by atoms with Crippen LogP contribution < -0.4 is 11.2 Å². The van der Waals surface area contributed by atoms with Crippen LogP contribution in [0.3, 0.4) is 0 Å². The minimum atomic E-state index is -0.709. The van der Waals surface area contributed by atoms with E-state index in [9.17, 15) is 14.4 Å². The highest BCUT2D eigenvalue weighted by molar-refractivity contribution is 7.13. The van der Waals surface area contributed by atoms with E-state index in [1.807, 2.05) is 40.7 Å². The van der Waals surface area contributed by atoms with E-state index in [4.69, 9.17) is 0 Å². The van der Waals surface area contributed by atoms with Crippen LogP contribution in [0.4, 0.5) is 0 Å². The van der Waals surface area contributed by atoms with Gasteiger partial charge in [-0.3, -0.25) is 14.6 Å². The number of rotatable bonds is 4. The van der Waals surface area contributed by atoms with E-state index in [1.165, 1.54) is 16.2 Å². The highest BCUT2D eigenvalue weighted by atomic mass is 32.1. The van der Waals surface area contributed by atoms with Gasteiger partial charge in [-0.05, 0) is 0 Å². The monoisotopic (exact) mass is 342 g/mol. The number of amides is 1. The largest absolute Gasteiger partial charge is 0.335 e. The molecule has 2 aromatic heterocycles. The Bertz CT molecular complexity index is 946. The minimum absolute atomic E-state index is 0.0511. The SMILES string of the molecule is CN(Cc1csc(-c2ccccc2)n1)C(=O)c1cc(=O)[nH]c(=O)[nH]1. The predicted molar refractivity (Wildman–Crippen MR) is 91.0 cm³/mol. The molecule has 0 spiro atoms. The molecule has 1 aromatic carbocycles. The van der Waals surface area contributed by atoms with Gasteiger partial charge in [0.25, 0.3) is 11.5 Å². The molecule has 7 nitrogen and oxygen atoms in total. The van der Waals surface area contributed by atoms with Gasteiger partial charge in [-0.1, -0.05) is 30.3 Å². The Morgan fingerprint density at radius 3 is 2.67 bits per heavy atom. The second kappa shape index (κ2) is 6.63. The third kappa shape index (κ3) is 3.49. The number of H-pyrrole nitrogens is 2. The second-order valence-corrected chi connectivity index (χ2v) is 6.03. The number of carbonyl (C=O) groups is 1. The summed E-state index contributed by atoms with van der Waals surface area (Å²) in [4.78, 5) is 45.1. The van der Waals surface area contributed by atoms with Crippen molar-refractivity contribution in [3.63, 3.8) is 0 Å². The van der Waals surface area contributed by atoms with Crippen LogP contribution in [-0.2, 0) is 6.54 Å². The van der Waals surface area contributed by atoms with E-state index in [1.54, 1.807) is 7.05 Å². The summed E-state index contributed by atoms with van der Waals surface area (Å²) in [6, 6.07) is 10.8. The molecule has 0 radical (unpaired) electrons. The number of nitrogens with one attached hydrogen (secondary N) is 2. The van der Waals surface area contributed by atoms with Crippen molar-refractivity contribution in [1.82, 2.24) is 19.9 Å². The minimum Gasteiger partial charge on any atom is -0.335 e. The van der Waals surface area contributed by atoms with E-state index >= 15 is 0 Å². The van der Waals surface area contributed by atoms with Crippen LogP contribution >= 0.6 is 11.3 Å². The molecule has 2 heterocycles. The molecule has 0 bridgehead atoms. The first kappa shape index (κ1) is 15.9. The van der Waals surface area contributed by atoms with Crippen LogP contribution in [0.25, 0.3) is 10.6 Å². The Morgan fingerprint density at radius 2 is 1.96 bits per heavy atom. The molecule has 0 aliphatic heterocycles. The number of aromatic nitrogens is 3. The van der Waals surface area contributed by atoms with Gasteiger partial charge in [0.15, 0.2) is 0 Å². The standard InChI is InChI=1S/C16H14N4O3S/c1-20(15(22)12-7-13(21)19-16(23)18-12)8-11-9-24-14(17-11)10-5-3-2-4-6-10/h2-7,9H,8H2,1H3,(H2,18,19,21,23). The molecular weight excluding hydrogens is 328 g/mol. The molecule has 2 N–H and O–H groups in total. The summed E-state index contributed by atoms with van der Waals surface area (Å²) in [5, 5.41) is 2.75. The first-order valence-electron chi connectivity index (χ1n) is 7.12. The maximum Gasteiger partial charge on any atom is 0.326 e. The number of thiazole rings is 1. The van der Waals surface area contributed by atoms with Gasteiger partial charge < -0.3 is 9.88 Å². The van der Waals surface area contributed by atoms with Crippen molar-refractivity contribution in [2.75, 3.05) is 7.05 Å². The first-order chi connectivity index (χ1) is 11.5. The molecule has 3 rings (SSSR count). The normalized spacial score (nSPS) is 10.5. The van der Waals surface area contributed by atoms with Gasteiger partial charge in [-0.15, -0.1) is 11.3 Å². The Morgan fingerprint density at radius 1 is 1.21 bits per heavy atom. The maximum atomic E-state index is 12.3. The van der Waals surface area contributed by atoms with Crippen LogP contribution in [0.5, 0.6) is 0 Å². The van der Waals surface area contributed by atoms with Gasteiger partial charge in [0.1, 0.15) is 10.7 Å². The topological polar surface area (TPSA) is 98.9 Å². The van der Waals surface area contributed by atoms with Crippen molar-refractivity contribution in [3.8, 4) is 10.6 Å². The van der Waals surface area contributed by atoms with Gasteiger partial charge >= 0.3 is 5.69 Å². The Hall–Kier alpha value is -3.00. The number of nitrogens with zero attached hydrogens (tertiary/aromatic N) is 2. The summed E-state index contributed by atoms with van der Waals surface area (Å²) in [6.07, 6.45) is 0. The Kier molecular flexibility index (Phi) is 4.39. The van der Waals surface area contributed by atoms with Crippen molar-refractivity contribution in [2.45, 2.75) is 6.54 Å². The lowest BCUT2D eigenvalue weighted by atomic mass is 10.2. The molecule has 0 unspecified atom stereocenters. The Labute approximate surface area is 140 Å². The van der Waals surface area contributed by atoms with Crippen LogP contribution in [0.2, 0.25) is 0 Å². The van der Waals surface area contributed by atoms with Gasteiger partial charge in [0.05, 0.1) is 12.2 Å². The summed E-state index contributed by atoms with van der Waals surface area (Å²) < 4.78 is 0.